The molecular weight excluding hydrogens is 524 g/mol. The van der Waals surface area contributed by atoms with E-state index in [0.717, 1.165) is 34.5 Å². The summed E-state index contributed by atoms with van der Waals surface area (Å²) in [5.41, 5.74) is 3.88. The molecule has 0 aliphatic carbocycles. The number of nitrogens with zero attached hydrogens (tertiary/aromatic N) is 3. The molecule has 0 fully saturated rings. The van der Waals surface area contributed by atoms with E-state index in [-0.39, 0.29) is 18.1 Å². The lowest BCUT2D eigenvalue weighted by molar-refractivity contribution is 0.174. The normalized spacial score (nSPS) is 12.0. The smallest absolute Gasteiger partial charge is 0.439 e. The van der Waals surface area contributed by atoms with Gasteiger partial charge in [-0.05, 0) is 41.7 Å². The molecule has 3 aromatic carbocycles. The van der Waals surface area contributed by atoms with Crippen LogP contribution in [0.25, 0.3) is 22.5 Å². The number of ether oxygens (including phenoxy) is 3. The monoisotopic (exact) mass is 552 g/mol. The second-order valence-electron chi connectivity index (χ2n) is 9.60. The Balaban J connectivity index is 1.33. The first-order valence-electron chi connectivity index (χ1n) is 13.5. The number of H-pyrrole nitrogens is 1. The van der Waals surface area contributed by atoms with Crippen LogP contribution in [0, 0.1) is 0 Å². The molecule has 2 aromatic heterocycles. The molecule has 0 saturated carbocycles. The van der Waals surface area contributed by atoms with Gasteiger partial charge in [0.25, 0.3) is 5.56 Å². The maximum Gasteiger partial charge on any atom is 0.439 e. The van der Waals surface area contributed by atoms with Crippen LogP contribution in [-0.4, -0.2) is 26.5 Å². The van der Waals surface area contributed by atoms with Gasteiger partial charge in [-0.1, -0.05) is 67.5 Å². The van der Waals surface area contributed by atoms with Crippen LogP contribution in [0.1, 0.15) is 37.4 Å². The van der Waals surface area contributed by atoms with E-state index in [0.29, 0.717) is 48.2 Å². The minimum Gasteiger partial charge on any atom is -0.454 e. The molecule has 1 N–H and O–H groups in total. The van der Waals surface area contributed by atoms with Crippen molar-refractivity contribution in [2.24, 2.45) is 0 Å². The zero-order chi connectivity index (χ0) is 28.3. The van der Waals surface area contributed by atoms with E-state index in [1.807, 2.05) is 55.5 Å². The summed E-state index contributed by atoms with van der Waals surface area (Å²) in [6.07, 6.45) is 2.06. The van der Waals surface area contributed by atoms with E-state index >= 15 is 0 Å². The van der Waals surface area contributed by atoms with Gasteiger partial charge in [-0.15, -0.1) is 0 Å². The topological polar surface area (TPSA) is 121 Å². The van der Waals surface area contributed by atoms with Crippen molar-refractivity contribution in [1.82, 2.24) is 19.7 Å². The number of benzene rings is 3. The molecule has 6 rings (SSSR count). The molecule has 0 atom stereocenters. The highest BCUT2D eigenvalue weighted by molar-refractivity contribution is 5.80. The second-order valence-corrected chi connectivity index (χ2v) is 9.60. The van der Waals surface area contributed by atoms with Gasteiger partial charge in [0.2, 0.25) is 12.5 Å². The Bertz CT molecular complexity index is 1820. The number of hydrogen-bond donors (Lipinski definition) is 1. The Hall–Kier alpha value is -5.12. The summed E-state index contributed by atoms with van der Waals surface area (Å²) in [6, 6.07) is 20.8. The Morgan fingerprint density at radius 2 is 1.73 bits per heavy atom. The molecule has 41 heavy (non-hydrogen) atoms. The van der Waals surface area contributed by atoms with Crippen LogP contribution in [0.5, 0.6) is 23.0 Å². The fourth-order valence-electron chi connectivity index (χ4n) is 4.87. The molecule has 10 heteroatoms. The van der Waals surface area contributed by atoms with Crippen LogP contribution in [0.3, 0.4) is 0 Å². The molecule has 1 aliphatic heterocycles. The van der Waals surface area contributed by atoms with Gasteiger partial charge in [0.15, 0.2) is 17.3 Å². The zero-order valence-electron chi connectivity index (χ0n) is 22.7. The summed E-state index contributed by atoms with van der Waals surface area (Å²) < 4.78 is 23.4. The Morgan fingerprint density at radius 3 is 2.46 bits per heavy atom. The molecule has 5 aromatic rings. The maximum absolute atomic E-state index is 13.9. The number of rotatable bonds is 9. The molecule has 0 spiro atoms. The van der Waals surface area contributed by atoms with Crippen molar-refractivity contribution in [1.29, 1.82) is 0 Å². The van der Waals surface area contributed by atoms with Gasteiger partial charge in [0.1, 0.15) is 11.6 Å². The van der Waals surface area contributed by atoms with Gasteiger partial charge in [-0.3, -0.25) is 18.9 Å². The second kappa shape index (κ2) is 11.2. The number of aryl methyl sites for hydroxylation is 2. The molecule has 3 heterocycles. The number of nitrogens with one attached hydrogen (secondary N) is 1. The van der Waals surface area contributed by atoms with E-state index < -0.39 is 5.76 Å². The summed E-state index contributed by atoms with van der Waals surface area (Å²) in [5.74, 6) is 2.38. The first kappa shape index (κ1) is 26.1. The molecule has 0 saturated heterocycles. The molecule has 1 aliphatic rings. The van der Waals surface area contributed by atoms with Crippen LogP contribution >= 0.6 is 0 Å². The fraction of sp³-hybridized carbons (Fsp3) is 0.226. The van der Waals surface area contributed by atoms with Gasteiger partial charge in [-0.25, -0.2) is 9.78 Å². The van der Waals surface area contributed by atoms with Crippen molar-refractivity contribution in [2.75, 3.05) is 6.79 Å². The lowest BCUT2D eigenvalue weighted by Crippen LogP contribution is -2.28. The molecule has 0 amide bonds. The van der Waals surface area contributed by atoms with Crippen molar-refractivity contribution in [3.63, 3.8) is 0 Å². The maximum atomic E-state index is 13.9. The van der Waals surface area contributed by atoms with E-state index in [4.69, 9.17) is 23.7 Å². The summed E-state index contributed by atoms with van der Waals surface area (Å²) in [5, 5.41) is 3.84. The van der Waals surface area contributed by atoms with Crippen LogP contribution in [0.15, 0.2) is 80.8 Å². The molecule has 0 unspecified atom stereocenters. The van der Waals surface area contributed by atoms with Crippen LogP contribution in [0.2, 0.25) is 0 Å². The third kappa shape index (κ3) is 5.23. The molecule has 0 bridgehead atoms. The first-order valence-corrected chi connectivity index (χ1v) is 13.5. The number of aromatic amines is 1. The Labute approximate surface area is 235 Å². The number of fused-ring (bicyclic) bond motifs is 1. The Morgan fingerprint density at radius 1 is 0.951 bits per heavy atom. The van der Waals surface area contributed by atoms with Crippen molar-refractivity contribution in [3.8, 4) is 45.5 Å². The van der Waals surface area contributed by atoms with Crippen LogP contribution in [0.4, 0.5) is 0 Å². The minimum atomic E-state index is -0.608. The predicted molar refractivity (Wildman–Crippen MR) is 152 cm³/mol. The van der Waals surface area contributed by atoms with Gasteiger partial charge >= 0.3 is 5.76 Å². The number of aromatic nitrogens is 4. The highest BCUT2D eigenvalue weighted by Gasteiger charge is 2.20. The van der Waals surface area contributed by atoms with E-state index in [2.05, 4.69) is 17.1 Å². The standard InChI is InChI=1S/C31H28N4O6/c1-3-7-27-32-24(4-2)28(40-21-14-15-25-26(16-21)39-18-38-25)30(36)35(27)17-19-10-12-20(13-11-19)22-8-5-6-9-23(22)29-33-31(37)41-34-29/h5-6,8-16H,3-4,7,17-18H2,1-2H3,(H,33,34,37). The van der Waals surface area contributed by atoms with Crippen molar-refractivity contribution in [3.05, 3.63) is 105 Å². The lowest BCUT2D eigenvalue weighted by Gasteiger charge is -2.17. The number of hydrogen-bond acceptors (Lipinski definition) is 8. The minimum absolute atomic E-state index is 0.156. The largest absolute Gasteiger partial charge is 0.454 e. The van der Waals surface area contributed by atoms with Gasteiger partial charge in [0, 0.05) is 18.1 Å². The SMILES string of the molecule is CCCc1nc(CC)c(Oc2ccc3c(c2)OCO3)c(=O)n1Cc1ccc(-c2ccccc2-c2noc(=O)[nH]2)cc1. The van der Waals surface area contributed by atoms with Gasteiger partial charge in [0.05, 0.1) is 12.2 Å². The molecule has 10 nitrogen and oxygen atoms in total. The molecule has 208 valence electrons. The first-order chi connectivity index (χ1) is 20.0. The summed E-state index contributed by atoms with van der Waals surface area (Å²) in [7, 11) is 0. The zero-order valence-corrected chi connectivity index (χ0v) is 22.7. The summed E-state index contributed by atoms with van der Waals surface area (Å²) in [6.45, 7) is 4.51. The van der Waals surface area contributed by atoms with Crippen LogP contribution < -0.4 is 25.5 Å². The van der Waals surface area contributed by atoms with E-state index in [1.165, 1.54) is 0 Å². The average molecular weight is 553 g/mol. The van der Waals surface area contributed by atoms with Gasteiger partial charge in [-0.2, -0.15) is 0 Å². The average Bonchev–Trinajstić information content (AvgIpc) is 3.65. The Kier molecular flexibility index (Phi) is 7.11. The van der Waals surface area contributed by atoms with E-state index in [9.17, 15) is 9.59 Å². The lowest BCUT2D eigenvalue weighted by atomic mass is 9.98. The van der Waals surface area contributed by atoms with Crippen molar-refractivity contribution < 1.29 is 18.7 Å². The highest BCUT2D eigenvalue weighted by Crippen LogP contribution is 2.36. The van der Waals surface area contributed by atoms with Gasteiger partial charge < -0.3 is 14.2 Å². The summed E-state index contributed by atoms with van der Waals surface area (Å²) in [4.78, 5) is 32.8. The molecule has 0 radical (unpaired) electrons. The summed E-state index contributed by atoms with van der Waals surface area (Å²) >= 11 is 0. The molecular formula is C31H28N4O6. The fourth-order valence-corrected chi connectivity index (χ4v) is 4.87. The quantitative estimate of drug-likeness (QED) is 0.260. The third-order valence-electron chi connectivity index (χ3n) is 6.88. The highest BCUT2D eigenvalue weighted by atomic mass is 16.7. The third-order valence-corrected chi connectivity index (χ3v) is 6.88. The van der Waals surface area contributed by atoms with Crippen molar-refractivity contribution >= 4 is 0 Å². The van der Waals surface area contributed by atoms with Crippen molar-refractivity contribution in [2.45, 2.75) is 39.7 Å². The van der Waals surface area contributed by atoms with E-state index in [1.54, 1.807) is 22.8 Å². The van der Waals surface area contributed by atoms with Crippen LogP contribution in [-0.2, 0) is 19.4 Å². The predicted octanol–water partition coefficient (Wildman–Crippen LogP) is 5.34.